The molecule has 2 aromatic carbocycles. The van der Waals surface area contributed by atoms with Crippen LogP contribution in [0.4, 0.5) is 5.95 Å². The van der Waals surface area contributed by atoms with Crippen LogP contribution in [0, 0.1) is 0 Å². The van der Waals surface area contributed by atoms with E-state index in [1.165, 1.54) is 12.8 Å². The van der Waals surface area contributed by atoms with Crippen molar-refractivity contribution < 1.29 is 9.21 Å². The molecule has 1 saturated heterocycles. The summed E-state index contributed by atoms with van der Waals surface area (Å²) in [6, 6.07) is 10.4. The molecule has 0 atom stereocenters. The van der Waals surface area contributed by atoms with Gasteiger partial charge in [0.2, 0.25) is 5.95 Å². The van der Waals surface area contributed by atoms with Crippen LogP contribution in [-0.4, -0.2) is 40.0 Å². The van der Waals surface area contributed by atoms with E-state index in [0.717, 1.165) is 30.5 Å². The number of hydrogen-bond donors (Lipinski definition) is 1. The lowest BCUT2D eigenvalue weighted by Gasteiger charge is -2.16. The van der Waals surface area contributed by atoms with E-state index in [1.807, 2.05) is 4.57 Å². The number of rotatable bonds is 5. The van der Waals surface area contributed by atoms with E-state index in [4.69, 9.17) is 39.2 Å². The fourth-order valence-electron chi connectivity index (χ4n) is 3.98. The number of carbonyl (C=O) groups excluding carboxylic acids is 1. The molecule has 0 aliphatic carbocycles. The lowest BCUT2D eigenvalue weighted by molar-refractivity contribution is 0.0997. The molecule has 4 aromatic rings. The van der Waals surface area contributed by atoms with Gasteiger partial charge in [0.25, 0.3) is 5.91 Å². The van der Waals surface area contributed by atoms with E-state index in [0.29, 0.717) is 38.7 Å². The van der Waals surface area contributed by atoms with Gasteiger partial charge in [0.15, 0.2) is 5.76 Å². The van der Waals surface area contributed by atoms with Gasteiger partial charge in [0.05, 0.1) is 21.1 Å². The van der Waals surface area contributed by atoms with E-state index >= 15 is 0 Å². The molecule has 0 spiro atoms. The minimum absolute atomic E-state index is 0.187. The smallest absolute Gasteiger partial charge is 0.293 e. The van der Waals surface area contributed by atoms with E-state index in [2.05, 4.69) is 15.2 Å². The quantitative estimate of drug-likeness (QED) is 0.378. The minimum Gasteiger partial charge on any atom is -0.451 e. The van der Waals surface area contributed by atoms with Crippen LogP contribution in [0.25, 0.3) is 22.0 Å². The highest BCUT2D eigenvalue weighted by atomic mass is 35.5. The summed E-state index contributed by atoms with van der Waals surface area (Å²) in [5, 5.41) is 5.10. The van der Waals surface area contributed by atoms with Crippen LogP contribution in [0.15, 0.2) is 40.8 Å². The summed E-state index contributed by atoms with van der Waals surface area (Å²) in [6.45, 7) is 3.70. The number of hydrogen-bond acceptors (Lipinski definition) is 4. The zero-order chi connectivity index (χ0) is 21.5. The first kappa shape index (κ1) is 20.6. The van der Waals surface area contributed by atoms with Crippen molar-refractivity contribution >= 4 is 68.7 Å². The maximum Gasteiger partial charge on any atom is 0.293 e. The molecule has 31 heavy (non-hydrogen) atoms. The zero-order valence-electron chi connectivity index (χ0n) is 16.5. The Bertz CT molecular complexity index is 1290. The molecule has 9 heteroatoms. The van der Waals surface area contributed by atoms with Gasteiger partial charge in [0, 0.05) is 23.5 Å². The van der Waals surface area contributed by atoms with E-state index < -0.39 is 0 Å². The number of aromatic nitrogens is 2. The number of fused-ring (bicyclic) bond motifs is 2. The van der Waals surface area contributed by atoms with Gasteiger partial charge < -0.3 is 13.9 Å². The Kier molecular flexibility index (Phi) is 5.56. The molecule has 1 N–H and O–H groups in total. The fourth-order valence-corrected chi connectivity index (χ4v) is 4.48. The molecule has 3 heterocycles. The second-order valence-electron chi connectivity index (χ2n) is 7.64. The maximum atomic E-state index is 12.9. The highest BCUT2D eigenvalue weighted by Gasteiger charge is 2.20. The molecular weight excluding hydrogens is 459 g/mol. The minimum atomic E-state index is -0.387. The van der Waals surface area contributed by atoms with Crippen LogP contribution in [-0.2, 0) is 6.54 Å². The van der Waals surface area contributed by atoms with Crippen molar-refractivity contribution in [3.8, 4) is 0 Å². The van der Waals surface area contributed by atoms with Crippen LogP contribution >= 0.6 is 34.8 Å². The second-order valence-corrected chi connectivity index (χ2v) is 8.89. The Morgan fingerprint density at radius 1 is 1.03 bits per heavy atom. The summed E-state index contributed by atoms with van der Waals surface area (Å²) >= 11 is 18.5. The SMILES string of the molecule is O=C(Nc1nc2cc(Cl)c(Cl)cc2n1CCN1CCCC1)c1cc2cc(Cl)ccc2o1. The van der Waals surface area contributed by atoms with Crippen LogP contribution in [0.1, 0.15) is 23.4 Å². The van der Waals surface area contributed by atoms with Crippen molar-refractivity contribution in [2.75, 3.05) is 25.0 Å². The van der Waals surface area contributed by atoms with Gasteiger partial charge in [-0.3, -0.25) is 10.1 Å². The van der Waals surface area contributed by atoms with Crippen molar-refractivity contribution in [3.63, 3.8) is 0 Å². The zero-order valence-corrected chi connectivity index (χ0v) is 18.8. The lowest BCUT2D eigenvalue weighted by Crippen LogP contribution is -2.25. The van der Waals surface area contributed by atoms with E-state index in [-0.39, 0.29) is 11.7 Å². The van der Waals surface area contributed by atoms with Crippen LogP contribution < -0.4 is 5.32 Å². The first-order chi connectivity index (χ1) is 15.0. The highest BCUT2D eigenvalue weighted by molar-refractivity contribution is 6.42. The Morgan fingerprint density at radius 2 is 1.81 bits per heavy atom. The van der Waals surface area contributed by atoms with E-state index in [1.54, 1.807) is 36.4 Å². The normalized spacial score (nSPS) is 14.7. The highest BCUT2D eigenvalue weighted by Crippen LogP contribution is 2.30. The Labute approximate surface area is 193 Å². The van der Waals surface area contributed by atoms with Gasteiger partial charge in [-0.05, 0) is 62.3 Å². The summed E-state index contributed by atoms with van der Waals surface area (Å²) in [4.78, 5) is 19.9. The number of benzene rings is 2. The third-order valence-electron chi connectivity index (χ3n) is 5.56. The van der Waals surface area contributed by atoms with Crippen molar-refractivity contribution in [3.05, 3.63) is 57.2 Å². The Morgan fingerprint density at radius 3 is 2.61 bits per heavy atom. The molecule has 0 radical (unpaired) electrons. The van der Waals surface area contributed by atoms with Crippen LogP contribution in [0.2, 0.25) is 15.1 Å². The molecule has 1 amide bonds. The van der Waals surface area contributed by atoms with Crippen molar-refractivity contribution in [2.24, 2.45) is 0 Å². The average molecular weight is 478 g/mol. The first-order valence-corrected chi connectivity index (χ1v) is 11.2. The van der Waals surface area contributed by atoms with Crippen molar-refractivity contribution in [1.29, 1.82) is 0 Å². The molecule has 0 saturated carbocycles. The van der Waals surface area contributed by atoms with Gasteiger partial charge in [-0.2, -0.15) is 0 Å². The monoisotopic (exact) mass is 476 g/mol. The van der Waals surface area contributed by atoms with E-state index in [9.17, 15) is 4.79 Å². The molecular formula is C22H19Cl3N4O2. The summed E-state index contributed by atoms with van der Waals surface area (Å²) < 4.78 is 7.66. The fraction of sp³-hybridized carbons (Fsp3) is 0.273. The number of anilines is 1. The number of imidazole rings is 1. The number of carbonyl (C=O) groups is 1. The predicted molar refractivity (Wildman–Crippen MR) is 125 cm³/mol. The molecule has 1 aliphatic rings. The van der Waals surface area contributed by atoms with Gasteiger partial charge in [-0.25, -0.2) is 4.98 Å². The van der Waals surface area contributed by atoms with Crippen molar-refractivity contribution in [1.82, 2.24) is 14.5 Å². The first-order valence-electron chi connectivity index (χ1n) is 10.1. The number of furan rings is 1. The molecule has 5 rings (SSSR count). The molecule has 1 aliphatic heterocycles. The summed E-state index contributed by atoms with van der Waals surface area (Å²) in [5.41, 5.74) is 2.08. The number of likely N-dealkylation sites (tertiary alicyclic amines) is 1. The molecule has 0 bridgehead atoms. The van der Waals surface area contributed by atoms with Crippen LogP contribution in [0.5, 0.6) is 0 Å². The molecule has 1 fully saturated rings. The lowest BCUT2D eigenvalue weighted by atomic mass is 10.2. The third-order valence-corrected chi connectivity index (χ3v) is 6.51. The second kappa shape index (κ2) is 8.36. The van der Waals surface area contributed by atoms with Gasteiger partial charge in [-0.15, -0.1) is 0 Å². The Hall–Kier alpha value is -2.25. The number of nitrogens with zero attached hydrogens (tertiary/aromatic N) is 3. The molecule has 6 nitrogen and oxygen atoms in total. The standard InChI is InChI=1S/C22H19Cl3N4O2/c23-14-3-4-19-13(9-14)10-20(31-19)21(30)27-22-26-17-11-15(24)16(25)12-18(17)29(22)8-7-28-5-1-2-6-28/h3-4,9-12H,1-2,5-8H2,(H,26,27,30). The molecule has 160 valence electrons. The average Bonchev–Trinajstić information content (AvgIpc) is 3.46. The maximum absolute atomic E-state index is 12.9. The number of amides is 1. The van der Waals surface area contributed by atoms with Gasteiger partial charge in [0.1, 0.15) is 5.58 Å². The third kappa shape index (κ3) is 4.13. The largest absolute Gasteiger partial charge is 0.451 e. The van der Waals surface area contributed by atoms with Crippen molar-refractivity contribution in [2.45, 2.75) is 19.4 Å². The summed E-state index contributed by atoms with van der Waals surface area (Å²) in [5.74, 6) is 0.227. The summed E-state index contributed by atoms with van der Waals surface area (Å²) in [7, 11) is 0. The van der Waals surface area contributed by atoms with Crippen LogP contribution in [0.3, 0.4) is 0 Å². The molecule has 0 unspecified atom stereocenters. The van der Waals surface area contributed by atoms with Gasteiger partial charge >= 0.3 is 0 Å². The van der Waals surface area contributed by atoms with Gasteiger partial charge in [-0.1, -0.05) is 34.8 Å². The predicted octanol–water partition coefficient (Wildman–Crippen LogP) is 6.09. The topological polar surface area (TPSA) is 63.3 Å². The number of halogens is 3. The number of nitrogens with one attached hydrogen (secondary N) is 1. The summed E-state index contributed by atoms with van der Waals surface area (Å²) in [6.07, 6.45) is 2.43. The molecule has 2 aromatic heterocycles. The Balaban J connectivity index is 1.47.